The predicted molar refractivity (Wildman–Crippen MR) is 208 cm³/mol. The molecular weight excluding hydrogens is 581 g/mol. The molecule has 0 saturated carbocycles. The molecule has 2 nitrogen and oxygen atoms in total. The lowest BCUT2D eigenvalue weighted by molar-refractivity contribution is 0.411. The van der Waals surface area contributed by atoms with Crippen LogP contribution in [0, 0.1) is 12.3 Å². The molecule has 6 rings (SSSR count). The summed E-state index contributed by atoms with van der Waals surface area (Å²) in [7, 11) is 0. The van der Waals surface area contributed by atoms with Crippen LogP contribution in [0.5, 0.6) is 0 Å². The Hall–Kier alpha value is -5.08. The summed E-state index contributed by atoms with van der Waals surface area (Å²) in [6, 6.07) is 55.4. The Morgan fingerprint density at radius 3 is 1.23 bits per heavy atom. The number of hydrogen-bond acceptors (Lipinski definition) is 2. The summed E-state index contributed by atoms with van der Waals surface area (Å²) in [5.74, 6) is 0. The van der Waals surface area contributed by atoms with Gasteiger partial charge in [-0.1, -0.05) is 119 Å². The molecule has 0 aliphatic rings. The fraction of sp³-hybridized carbons (Fsp3) is 0.217. The molecule has 0 unspecified atom stereocenters. The number of nitrogens with zero attached hydrogens (tertiary/aromatic N) is 2. The zero-order chi connectivity index (χ0) is 33.5. The largest absolute Gasteiger partial charge is 0.311 e. The van der Waals surface area contributed by atoms with Gasteiger partial charge in [0.1, 0.15) is 0 Å². The lowest BCUT2D eigenvalue weighted by Gasteiger charge is -2.27. The fourth-order valence-electron chi connectivity index (χ4n) is 6.34. The summed E-state index contributed by atoms with van der Waals surface area (Å²) in [4.78, 5) is 4.68. The van der Waals surface area contributed by atoms with E-state index in [9.17, 15) is 0 Å². The number of anilines is 6. The summed E-state index contributed by atoms with van der Waals surface area (Å²) in [6.07, 6.45) is 4.62. The second-order valence-corrected chi connectivity index (χ2v) is 14.1. The molecule has 242 valence electrons. The molecule has 0 aliphatic carbocycles. The van der Waals surface area contributed by atoms with E-state index in [2.05, 4.69) is 196 Å². The van der Waals surface area contributed by atoms with Crippen molar-refractivity contribution >= 4 is 34.1 Å². The van der Waals surface area contributed by atoms with Gasteiger partial charge in [0.25, 0.3) is 0 Å². The van der Waals surface area contributed by atoms with E-state index >= 15 is 0 Å². The molecule has 0 aliphatic heterocycles. The first kappa shape index (κ1) is 32.8. The van der Waals surface area contributed by atoms with E-state index in [1.54, 1.807) is 0 Å². The molecule has 0 atom stereocenters. The highest BCUT2D eigenvalue weighted by Crippen LogP contribution is 2.38. The van der Waals surface area contributed by atoms with Crippen LogP contribution in [-0.4, -0.2) is 0 Å². The molecule has 2 heteroatoms. The van der Waals surface area contributed by atoms with Gasteiger partial charge in [-0.25, -0.2) is 0 Å². The van der Waals surface area contributed by atoms with E-state index in [1.807, 2.05) is 0 Å². The Morgan fingerprint density at radius 1 is 0.438 bits per heavy atom. The molecule has 0 amide bonds. The van der Waals surface area contributed by atoms with Crippen LogP contribution in [0.1, 0.15) is 57.2 Å². The van der Waals surface area contributed by atoms with Crippen LogP contribution in [0.2, 0.25) is 0 Å². The Morgan fingerprint density at radius 2 is 0.812 bits per heavy atom. The summed E-state index contributed by atoms with van der Waals surface area (Å²) < 4.78 is 0. The number of benzene rings is 6. The number of rotatable bonds is 11. The van der Waals surface area contributed by atoms with Gasteiger partial charge in [0.15, 0.2) is 0 Å². The minimum Gasteiger partial charge on any atom is -0.311 e. The zero-order valence-corrected chi connectivity index (χ0v) is 29.2. The van der Waals surface area contributed by atoms with Crippen molar-refractivity contribution in [3.8, 4) is 11.1 Å². The zero-order valence-electron chi connectivity index (χ0n) is 29.2. The van der Waals surface area contributed by atoms with Gasteiger partial charge >= 0.3 is 0 Å². The smallest absolute Gasteiger partial charge is 0.0462 e. The molecule has 0 saturated heterocycles. The molecular formula is C46H48N2. The highest BCUT2D eigenvalue weighted by molar-refractivity contribution is 5.80. The third-order valence-electron chi connectivity index (χ3n) is 8.83. The molecule has 0 heterocycles. The van der Waals surface area contributed by atoms with Crippen molar-refractivity contribution in [1.82, 2.24) is 0 Å². The first-order valence-corrected chi connectivity index (χ1v) is 17.4. The van der Waals surface area contributed by atoms with Gasteiger partial charge in [0.2, 0.25) is 0 Å². The Kier molecular flexibility index (Phi) is 10.1. The average molecular weight is 629 g/mol. The van der Waals surface area contributed by atoms with Crippen LogP contribution in [0.4, 0.5) is 34.1 Å². The van der Waals surface area contributed by atoms with Crippen molar-refractivity contribution in [3.63, 3.8) is 0 Å². The van der Waals surface area contributed by atoms with E-state index in [-0.39, 0.29) is 5.41 Å². The van der Waals surface area contributed by atoms with Gasteiger partial charge in [-0.2, -0.15) is 0 Å². The minimum absolute atomic E-state index is 0.255. The number of hydrogen-bond donors (Lipinski definition) is 0. The first-order valence-electron chi connectivity index (χ1n) is 17.4. The van der Waals surface area contributed by atoms with Crippen LogP contribution in [-0.2, 0) is 12.8 Å². The summed E-state index contributed by atoms with van der Waals surface area (Å²) in [6.45, 7) is 11.3. The second-order valence-electron chi connectivity index (χ2n) is 14.1. The SMILES string of the molecule is CCCCc1ccc(N(c2ccccc2)c2ccc(-c3ccc(N(c4ccc(C)cc4)c4ccc(CC(C)(C)C)cc4)cc3)cc2)cc1. The van der Waals surface area contributed by atoms with Crippen LogP contribution < -0.4 is 9.80 Å². The van der Waals surface area contributed by atoms with Crippen molar-refractivity contribution in [1.29, 1.82) is 0 Å². The van der Waals surface area contributed by atoms with Crippen LogP contribution >= 0.6 is 0 Å². The van der Waals surface area contributed by atoms with E-state index in [0.717, 1.165) is 41.3 Å². The van der Waals surface area contributed by atoms with Gasteiger partial charge in [0, 0.05) is 34.1 Å². The van der Waals surface area contributed by atoms with Crippen LogP contribution in [0.3, 0.4) is 0 Å². The number of aryl methyl sites for hydroxylation is 2. The summed E-state index contributed by atoms with van der Waals surface area (Å²) in [5.41, 5.74) is 13.6. The van der Waals surface area contributed by atoms with Crippen molar-refractivity contribution < 1.29 is 0 Å². The second kappa shape index (κ2) is 14.8. The van der Waals surface area contributed by atoms with Crippen molar-refractivity contribution in [2.45, 2.75) is 60.3 Å². The standard InChI is InChI=1S/C46H48N2/c1-6-7-11-36-16-26-42(27-17-36)47(40-12-9-8-10-13-40)44-30-20-38(21-31-44)39-22-32-45(33-23-39)48(41-24-14-35(2)15-25-41)43-28-18-37(19-29-43)34-46(3,4)5/h8-10,12-33H,6-7,11,34H2,1-5H3. The van der Waals surface area contributed by atoms with Gasteiger partial charge in [-0.15, -0.1) is 0 Å². The van der Waals surface area contributed by atoms with Crippen LogP contribution in [0.25, 0.3) is 11.1 Å². The third kappa shape index (κ3) is 8.06. The molecule has 0 radical (unpaired) electrons. The van der Waals surface area contributed by atoms with E-state index in [4.69, 9.17) is 0 Å². The maximum absolute atomic E-state index is 2.35. The van der Waals surface area contributed by atoms with Gasteiger partial charge in [-0.05, 0) is 127 Å². The van der Waals surface area contributed by atoms with E-state index in [0.29, 0.717) is 0 Å². The molecule has 48 heavy (non-hydrogen) atoms. The van der Waals surface area contributed by atoms with Crippen molar-refractivity contribution in [2.75, 3.05) is 9.80 Å². The predicted octanol–water partition coefficient (Wildman–Crippen LogP) is 13.5. The fourth-order valence-corrected chi connectivity index (χ4v) is 6.34. The van der Waals surface area contributed by atoms with Crippen molar-refractivity contribution in [2.24, 2.45) is 5.41 Å². The molecule has 0 N–H and O–H groups in total. The topological polar surface area (TPSA) is 6.48 Å². The maximum Gasteiger partial charge on any atom is 0.0462 e. The molecule has 6 aromatic rings. The normalized spacial score (nSPS) is 11.4. The lowest BCUT2D eigenvalue weighted by Crippen LogP contribution is -2.11. The Labute approximate surface area is 288 Å². The summed E-state index contributed by atoms with van der Waals surface area (Å²) in [5, 5.41) is 0. The molecule has 0 spiro atoms. The van der Waals surface area contributed by atoms with Gasteiger partial charge in [0.05, 0.1) is 0 Å². The lowest BCUT2D eigenvalue weighted by atomic mass is 9.88. The number of para-hydroxylation sites is 1. The third-order valence-corrected chi connectivity index (χ3v) is 8.83. The molecule has 0 bridgehead atoms. The molecule has 0 aromatic heterocycles. The van der Waals surface area contributed by atoms with Gasteiger partial charge < -0.3 is 9.80 Å². The van der Waals surface area contributed by atoms with Gasteiger partial charge in [-0.3, -0.25) is 0 Å². The quantitative estimate of drug-likeness (QED) is 0.141. The Balaban J connectivity index is 1.27. The van der Waals surface area contributed by atoms with E-state index < -0.39 is 0 Å². The highest BCUT2D eigenvalue weighted by atomic mass is 15.1. The first-order chi connectivity index (χ1) is 23.3. The molecule has 0 fully saturated rings. The van der Waals surface area contributed by atoms with Crippen molar-refractivity contribution in [3.05, 3.63) is 168 Å². The Bertz CT molecular complexity index is 1860. The molecule has 6 aromatic carbocycles. The minimum atomic E-state index is 0.255. The highest BCUT2D eigenvalue weighted by Gasteiger charge is 2.16. The van der Waals surface area contributed by atoms with E-state index in [1.165, 1.54) is 46.3 Å². The van der Waals surface area contributed by atoms with Crippen LogP contribution in [0.15, 0.2) is 152 Å². The monoisotopic (exact) mass is 628 g/mol. The maximum atomic E-state index is 2.35. The summed E-state index contributed by atoms with van der Waals surface area (Å²) >= 11 is 0. The average Bonchev–Trinajstić information content (AvgIpc) is 3.10. The number of unbranched alkanes of at least 4 members (excludes halogenated alkanes) is 1.